The van der Waals surface area contributed by atoms with E-state index in [1.165, 1.54) is 19.2 Å². The van der Waals surface area contributed by atoms with Crippen LogP contribution in [-0.4, -0.2) is 19.0 Å². The van der Waals surface area contributed by atoms with Crippen molar-refractivity contribution in [2.45, 2.75) is 17.8 Å². The number of benzene rings is 2. The van der Waals surface area contributed by atoms with Gasteiger partial charge in [0.2, 0.25) is 5.91 Å². The molecule has 2 aromatic carbocycles. The Morgan fingerprint density at radius 3 is 2.70 bits per heavy atom. The van der Waals surface area contributed by atoms with E-state index in [9.17, 15) is 14.0 Å². The first-order valence-corrected chi connectivity index (χ1v) is 7.36. The zero-order chi connectivity index (χ0) is 16.2. The van der Waals surface area contributed by atoms with E-state index in [1.807, 2.05) is 0 Å². The number of rotatable bonds is 2. The van der Waals surface area contributed by atoms with Gasteiger partial charge in [-0.05, 0) is 47.9 Å². The molecule has 0 radical (unpaired) electrons. The van der Waals surface area contributed by atoms with E-state index >= 15 is 0 Å². The van der Waals surface area contributed by atoms with Crippen LogP contribution in [0.3, 0.4) is 0 Å². The molecule has 2 aliphatic rings. The SMILES string of the molecule is COC(=O)c1ccc2c(c1)[C@@]1(CC1c1ccc(F)cc1)C(=O)N2. The van der Waals surface area contributed by atoms with Crippen LogP contribution in [0.2, 0.25) is 0 Å². The minimum absolute atomic E-state index is 0.00255. The molecule has 0 bridgehead atoms. The molecule has 4 nitrogen and oxygen atoms in total. The van der Waals surface area contributed by atoms with Crippen LogP contribution in [0.5, 0.6) is 0 Å². The van der Waals surface area contributed by atoms with E-state index in [0.29, 0.717) is 12.0 Å². The normalized spacial score (nSPS) is 24.3. The van der Waals surface area contributed by atoms with E-state index in [-0.39, 0.29) is 17.6 Å². The summed E-state index contributed by atoms with van der Waals surface area (Å²) in [4.78, 5) is 24.3. The lowest BCUT2D eigenvalue weighted by atomic mass is 9.91. The van der Waals surface area contributed by atoms with Gasteiger partial charge < -0.3 is 10.1 Å². The fourth-order valence-electron chi connectivity index (χ4n) is 3.53. The molecule has 1 aliphatic heterocycles. The molecule has 4 rings (SSSR count). The lowest BCUT2D eigenvalue weighted by Gasteiger charge is -2.10. The summed E-state index contributed by atoms with van der Waals surface area (Å²) in [7, 11) is 1.33. The summed E-state index contributed by atoms with van der Waals surface area (Å²) in [6.07, 6.45) is 0.655. The number of esters is 1. The second kappa shape index (κ2) is 4.65. The number of carbonyl (C=O) groups is 2. The van der Waals surface area contributed by atoms with E-state index in [0.717, 1.165) is 16.8 Å². The molecular formula is C18H14FNO3. The zero-order valence-corrected chi connectivity index (χ0v) is 12.4. The average molecular weight is 311 g/mol. The van der Waals surface area contributed by atoms with Gasteiger partial charge in [-0.3, -0.25) is 4.79 Å². The van der Waals surface area contributed by atoms with Gasteiger partial charge in [-0.25, -0.2) is 9.18 Å². The van der Waals surface area contributed by atoms with E-state index in [1.54, 1.807) is 30.3 Å². The van der Waals surface area contributed by atoms with E-state index in [4.69, 9.17) is 4.74 Å². The number of amides is 1. The van der Waals surface area contributed by atoms with Crippen LogP contribution in [0.15, 0.2) is 42.5 Å². The Hall–Kier alpha value is -2.69. The van der Waals surface area contributed by atoms with E-state index < -0.39 is 11.4 Å². The molecule has 23 heavy (non-hydrogen) atoms. The van der Waals surface area contributed by atoms with Gasteiger partial charge in [0.1, 0.15) is 5.82 Å². The van der Waals surface area contributed by atoms with Gasteiger partial charge in [0.15, 0.2) is 0 Å². The zero-order valence-electron chi connectivity index (χ0n) is 12.4. The summed E-state index contributed by atoms with van der Waals surface area (Å²) in [6.45, 7) is 0. The van der Waals surface area contributed by atoms with Gasteiger partial charge in [0, 0.05) is 11.6 Å². The molecule has 1 heterocycles. The van der Waals surface area contributed by atoms with Crippen molar-refractivity contribution in [3.05, 3.63) is 65.0 Å². The predicted octanol–water partition coefficient (Wildman–Crippen LogP) is 2.99. The molecule has 1 aliphatic carbocycles. The van der Waals surface area contributed by atoms with Crippen molar-refractivity contribution in [1.82, 2.24) is 0 Å². The maximum absolute atomic E-state index is 13.1. The number of anilines is 1. The Labute approximate surface area is 132 Å². The molecule has 116 valence electrons. The van der Waals surface area contributed by atoms with Crippen molar-refractivity contribution in [3.8, 4) is 0 Å². The topological polar surface area (TPSA) is 55.4 Å². The molecule has 0 saturated heterocycles. The number of hydrogen-bond acceptors (Lipinski definition) is 3. The lowest BCUT2D eigenvalue weighted by molar-refractivity contribution is -0.118. The summed E-state index contributed by atoms with van der Waals surface area (Å²) in [5.41, 5.74) is 2.24. The third-order valence-electron chi connectivity index (χ3n) is 4.81. The molecule has 2 atom stereocenters. The van der Waals surface area contributed by atoms with Crippen molar-refractivity contribution in [3.63, 3.8) is 0 Å². The van der Waals surface area contributed by atoms with Crippen LogP contribution in [0.25, 0.3) is 0 Å². The highest BCUT2D eigenvalue weighted by molar-refractivity contribution is 6.10. The third kappa shape index (κ3) is 1.89. The standard InChI is InChI=1S/C18H14FNO3/c1-23-16(21)11-4-7-15-13(8-11)18(17(22)20-15)9-14(18)10-2-5-12(19)6-3-10/h2-8,14H,9H2,1H3,(H,20,22)/t14?,18-/m1/s1. The van der Waals surface area contributed by atoms with Crippen LogP contribution in [-0.2, 0) is 14.9 Å². The van der Waals surface area contributed by atoms with Gasteiger partial charge >= 0.3 is 5.97 Å². The van der Waals surface area contributed by atoms with Gasteiger partial charge in [0.25, 0.3) is 0 Å². The highest BCUT2D eigenvalue weighted by Gasteiger charge is 2.65. The fourth-order valence-corrected chi connectivity index (χ4v) is 3.53. The minimum Gasteiger partial charge on any atom is -0.465 e. The molecule has 1 saturated carbocycles. The van der Waals surface area contributed by atoms with Crippen molar-refractivity contribution < 1.29 is 18.7 Å². The third-order valence-corrected chi connectivity index (χ3v) is 4.81. The van der Waals surface area contributed by atoms with Crippen molar-refractivity contribution in [1.29, 1.82) is 0 Å². The van der Waals surface area contributed by atoms with Crippen molar-refractivity contribution in [2.24, 2.45) is 0 Å². The summed E-state index contributed by atoms with van der Waals surface area (Å²) in [5, 5.41) is 2.88. The second-order valence-electron chi connectivity index (χ2n) is 5.99. The maximum atomic E-state index is 13.1. The second-order valence-corrected chi connectivity index (χ2v) is 5.99. The van der Waals surface area contributed by atoms with Gasteiger partial charge in [0.05, 0.1) is 18.1 Å². The number of carbonyl (C=O) groups excluding carboxylic acids is 2. The van der Waals surface area contributed by atoms with Crippen LogP contribution in [0.1, 0.15) is 33.8 Å². The Morgan fingerprint density at radius 2 is 2.00 bits per heavy atom. The molecule has 1 N–H and O–H groups in total. The first kappa shape index (κ1) is 13.9. The van der Waals surface area contributed by atoms with Crippen molar-refractivity contribution >= 4 is 17.6 Å². The first-order valence-electron chi connectivity index (χ1n) is 7.36. The maximum Gasteiger partial charge on any atom is 0.337 e. The van der Waals surface area contributed by atoms with Crippen LogP contribution < -0.4 is 5.32 Å². The average Bonchev–Trinajstić information content (AvgIpc) is 3.25. The molecule has 1 spiro atoms. The van der Waals surface area contributed by atoms with Gasteiger partial charge in [-0.15, -0.1) is 0 Å². The van der Waals surface area contributed by atoms with Crippen molar-refractivity contribution in [2.75, 3.05) is 12.4 Å². The summed E-state index contributed by atoms with van der Waals surface area (Å²) < 4.78 is 17.9. The van der Waals surface area contributed by atoms with Crippen LogP contribution in [0.4, 0.5) is 10.1 Å². The number of fused-ring (bicyclic) bond motifs is 2. The summed E-state index contributed by atoms with van der Waals surface area (Å²) in [5.74, 6) is -0.796. The first-order chi connectivity index (χ1) is 11.1. The predicted molar refractivity (Wildman–Crippen MR) is 81.8 cm³/mol. The molecule has 5 heteroatoms. The Kier molecular flexibility index (Phi) is 2.82. The number of ether oxygens (including phenoxy) is 1. The monoisotopic (exact) mass is 311 g/mol. The lowest BCUT2D eigenvalue weighted by Crippen LogP contribution is -2.21. The van der Waals surface area contributed by atoms with Gasteiger partial charge in [-0.1, -0.05) is 12.1 Å². The Balaban J connectivity index is 1.76. The quantitative estimate of drug-likeness (QED) is 0.868. The minimum atomic E-state index is -0.656. The van der Waals surface area contributed by atoms with Gasteiger partial charge in [-0.2, -0.15) is 0 Å². The molecular weight excluding hydrogens is 297 g/mol. The number of methoxy groups -OCH3 is 1. The highest BCUT2D eigenvalue weighted by atomic mass is 19.1. The summed E-state index contributed by atoms with van der Waals surface area (Å²) in [6, 6.07) is 11.3. The van der Waals surface area contributed by atoms with E-state index in [2.05, 4.69) is 5.32 Å². The molecule has 1 unspecified atom stereocenters. The van der Waals surface area contributed by atoms with Crippen LogP contribution >= 0.6 is 0 Å². The molecule has 1 fully saturated rings. The summed E-state index contributed by atoms with van der Waals surface area (Å²) >= 11 is 0. The number of halogens is 1. The largest absolute Gasteiger partial charge is 0.465 e. The number of nitrogens with one attached hydrogen (secondary N) is 1. The molecule has 0 aromatic heterocycles. The highest BCUT2D eigenvalue weighted by Crippen LogP contribution is 2.64. The fraction of sp³-hybridized carbons (Fsp3) is 0.222. The van der Waals surface area contributed by atoms with Crippen LogP contribution in [0, 0.1) is 5.82 Å². The Bertz CT molecular complexity index is 831. The molecule has 2 aromatic rings. The molecule has 1 amide bonds. The Morgan fingerprint density at radius 1 is 1.26 bits per heavy atom. The number of hydrogen-bond donors (Lipinski definition) is 1. The smallest absolute Gasteiger partial charge is 0.337 e.